The molecule has 0 aliphatic carbocycles. The zero-order valence-electron chi connectivity index (χ0n) is 17.7. The number of rotatable bonds is 5. The van der Waals surface area contributed by atoms with Gasteiger partial charge in [-0.15, -0.1) is 0 Å². The van der Waals surface area contributed by atoms with Gasteiger partial charge in [-0.1, -0.05) is 6.07 Å². The molecule has 2 aromatic carbocycles. The van der Waals surface area contributed by atoms with E-state index in [0.717, 1.165) is 29.9 Å². The monoisotopic (exact) mass is 430 g/mol. The molecule has 32 heavy (non-hydrogen) atoms. The first-order valence-electron chi connectivity index (χ1n) is 10.7. The molecule has 0 radical (unpaired) electrons. The minimum Gasteiger partial charge on any atom is -0.341 e. The fourth-order valence-corrected chi connectivity index (χ4v) is 4.14. The molecule has 162 valence electrons. The maximum absolute atomic E-state index is 14.6. The van der Waals surface area contributed by atoms with Crippen molar-refractivity contribution in [1.82, 2.24) is 24.8 Å². The number of nitrogens with zero attached hydrogens (tertiary/aromatic N) is 4. The first-order valence-corrected chi connectivity index (χ1v) is 10.7. The topological polar surface area (TPSA) is 86.8 Å². The summed E-state index contributed by atoms with van der Waals surface area (Å²) in [7, 11) is 0. The first kappa shape index (κ1) is 20.3. The smallest absolute Gasteiger partial charge is 0.258 e. The second kappa shape index (κ2) is 8.47. The third-order valence-electron chi connectivity index (χ3n) is 5.90. The van der Waals surface area contributed by atoms with Crippen molar-refractivity contribution in [1.29, 1.82) is 0 Å². The highest BCUT2D eigenvalue weighted by molar-refractivity contribution is 6.05. The van der Waals surface area contributed by atoms with Crippen LogP contribution < -0.4 is 5.32 Å². The Balaban J connectivity index is 1.32. The van der Waals surface area contributed by atoms with Gasteiger partial charge in [0.15, 0.2) is 0 Å². The second-order valence-corrected chi connectivity index (χ2v) is 8.12. The van der Waals surface area contributed by atoms with E-state index in [0.29, 0.717) is 23.0 Å². The Bertz CT molecular complexity index is 1270. The van der Waals surface area contributed by atoms with Crippen LogP contribution in [0.1, 0.15) is 35.9 Å². The van der Waals surface area contributed by atoms with E-state index in [9.17, 15) is 9.18 Å². The van der Waals surface area contributed by atoms with Crippen molar-refractivity contribution in [2.24, 2.45) is 0 Å². The zero-order chi connectivity index (χ0) is 22.1. The summed E-state index contributed by atoms with van der Waals surface area (Å²) >= 11 is 0. The van der Waals surface area contributed by atoms with Crippen LogP contribution in [0.5, 0.6) is 0 Å². The fraction of sp³-hybridized carbons (Fsp3) is 0.250. The summed E-state index contributed by atoms with van der Waals surface area (Å²) in [5.41, 5.74) is 3.32. The number of H-pyrrole nitrogens is 1. The number of hydrogen-bond acceptors (Lipinski definition) is 5. The van der Waals surface area contributed by atoms with Crippen molar-refractivity contribution in [3.05, 3.63) is 72.2 Å². The van der Waals surface area contributed by atoms with Gasteiger partial charge < -0.3 is 10.3 Å². The van der Waals surface area contributed by atoms with E-state index in [2.05, 4.69) is 37.1 Å². The van der Waals surface area contributed by atoms with Gasteiger partial charge in [0.2, 0.25) is 0 Å². The van der Waals surface area contributed by atoms with Crippen LogP contribution >= 0.6 is 0 Å². The molecule has 3 heterocycles. The molecule has 1 aliphatic rings. The number of fused-ring (bicyclic) bond motifs is 1. The molecule has 1 amide bonds. The van der Waals surface area contributed by atoms with Crippen molar-refractivity contribution >= 4 is 22.6 Å². The molecule has 8 heteroatoms. The molecule has 1 fully saturated rings. The van der Waals surface area contributed by atoms with Crippen molar-refractivity contribution in [2.75, 3.05) is 11.9 Å². The van der Waals surface area contributed by atoms with Crippen LogP contribution in [0, 0.1) is 5.82 Å². The van der Waals surface area contributed by atoms with Gasteiger partial charge in [0.05, 0.1) is 35.0 Å². The van der Waals surface area contributed by atoms with E-state index in [4.69, 9.17) is 0 Å². The number of aromatic nitrogens is 4. The Morgan fingerprint density at radius 3 is 2.91 bits per heavy atom. The summed E-state index contributed by atoms with van der Waals surface area (Å²) in [5.74, 6) is -0.226. The summed E-state index contributed by atoms with van der Waals surface area (Å²) in [6.07, 6.45) is 7.07. The quantitative estimate of drug-likeness (QED) is 0.490. The molecular formula is C24H23FN6O. The molecule has 0 saturated carbocycles. The van der Waals surface area contributed by atoms with Crippen LogP contribution in [-0.4, -0.2) is 43.3 Å². The maximum atomic E-state index is 14.6. The zero-order valence-corrected chi connectivity index (χ0v) is 17.7. The average Bonchev–Trinajstić information content (AvgIpc) is 3.39. The number of aromatic amines is 1. The number of likely N-dealkylation sites (tertiary alicyclic amines) is 1. The number of carbonyl (C=O) groups excluding carboxylic acids is 1. The Kier molecular flexibility index (Phi) is 5.36. The van der Waals surface area contributed by atoms with Gasteiger partial charge in [-0.05, 0) is 56.6 Å². The largest absolute Gasteiger partial charge is 0.341 e. The molecular weight excluding hydrogens is 407 g/mol. The maximum Gasteiger partial charge on any atom is 0.258 e. The van der Waals surface area contributed by atoms with Crippen molar-refractivity contribution in [3.63, 3.8) is 0 Å². The Hall–Kier alpha value is -3.65. The predicted molar refractivity (Wildman–Crippen MR) is 121 cm³/mol. The number of amides is 1. The molecule has 4 aromatic rings. The van der Waals surface area contributed by atoms with Gasteiger partial charge >= 0.3 is 0 Å². The van der Waals surface area contributed by atoms with E-state index in [1.807, 2.05) is 12.1 Å². The summed E-state index contributed by atoms with van der Waals surface area (Å²) < 4.78 is 14.6. The van der Waals surface area contributed by atoms with Crippen molar-refractivity contribution in [2.45, 2.75) is 32.4 Å². The molecule has 0 spiro atoms. The minimum atomic E-state index is -0.615. The third-order valence-corrected chi connectivity index (χ3v) is 5.90. The van der Waals surface area contributed by atoms with Crippen LogP contribution in [0.3, 0.4) is 0 Å². The van der Waals surface area contributed by atoms with E-state index >= 15 is 0 Å². The highest BCUT2D eigenvalue weighted by Crippen LogP contribution is 2.23. The van der Waals surface area contributed by atoms with Crippen LogP contribution in [0.15, 0.2) is 55.0 Å². The summed E-state index contributed by atoms with van der Waals surface area (Å²) in [4.78, 5) is 31.2. The highest BCUT2D eigenvalue weighted by atomic mass is 19.1. The third kappa shape index (κ3) is 4.09. The van der Waals surface area contributed by atoms with Gasteiger partial charge in [-0.2, -0.15) is 0 Å². The number of halogens is 1. The summed E-state index contributed by atoms with van der Waals surface area (Å²) in [6.45, 7) is 4.10. The van der Waals surface area contributed by atoms with Gasteiger partial charge in [0, 0.05) is 29.7 Å². The standard InChI is InChI=1S/C24H23FN6O/c1-15-3-2-10-31(15)14-23-29-20-7-5-17(12-21(20)30-23)28-24(32)18-6-4-16(11-19(18)25)22-13-26-8-9-27-22/h4-9,11-13,15H,2-3,10,14H2,1H3,(H,28,32)(H,29,30)/t15-/m0/s1. The van der Waals surface area contributed by atoms with Gasteiger partial charge in [0.25, 0.3) is 5.91 Å². The van der Waals surface area contributed by atoms with Crippen molar-refractivity contribution in [3.8, 4) is 11.3 Å². The van der Waals surface area contributed by atoms with E-state index < -0.39 is 11.7 Å². The summed E-state index contributed by atoms with van der Waals surface area (Å²) in [6, 6.07) is 10.4. The molecule has 2 aromatic heterocycles. The van der Waals surface area contributed by atoms with Crippen LogP contribution in [-0.2, 0) is 6.54 Å². The van der Waals surface area contributed by atoms with Crippen molar-refractivity contribution < 1.29 is 9.18 Å². The molecule has 2 N–H and O–H groups in total. The number of anilines is 1. The fourth-order valence-electron chi connectivity index (χ4n) is 4.14. The number of hydrogen-bond donors (Lipinski definition) is 2. The molecule has 1 aliphatic heterocycles. The molecule has 0 bridgehead atoms. The lowest BCUT2D eigenvalue weighted by atomic mass is 10.1. The Labute approximate surface area is 184 Å². The van der Waals surface area contributed by atoms with E-state index in [1.54, 1.807) is 24.5 Å². The van der Waals surface area contributed by atoms with Crippen LogP contribution in [0.25, 0.3) is 22.3 Å². The van der Waals surface area contributed by atoms with Gasteiger partial charge in [0.1, 0.15) is 11.6 Å². The molecule has 0 unspecified atom stereocenters. The SMILES string of the molecule is C[C@H]1CCCN1Cc1nc2ccc(NC(=O)c3ccc(-c4cnccn4)cc3F)cc2[nH]1. The molecule has 1 atom stereocenters. The molecule has 5 rings (SSSR count). The van der Waals surface area contributed by atoms with Gasteiger partial charge in [-0.3, -0.25) is 19.7 Å². The molecule has 1 saturated heterocycles. The first-order chi connectivity index (χ1) is 15.6. The lowest BCUT2D eigenvalue weighted by Crippen LogP contribution is -2.26. The lowest BCUT2D eigenvalue weighted by Gasteiger charge is -2.19. The lowest BCUT2D eigenvalue weighted by molar-refractivity contribution is 0.102. The highest BCUT2D eigenvalue weighted by Gasteiger charge is 2.21. The van der Waals surface area contributed by atoms with Crippen LogP contribution in [0.2, 0.25) is 0 Å². The van der Waals surface area contributed by atoms with E-state index in [-0.39, 0.29) is 5.56 Å². The minimum absolute atomic E-state index is 0.0361. The average molecular weight is 430 g/mol. The summed E-state index contributed by atoms with van der Waals surface area (Å²) in [5, 5.41) is 2.77. The number of nitrogens with one attached hydrogen (secondary N) is 2. The molecule has 7 nitrogen and oxygen atoms in total. The Morgan fingerprint density at radius 2 is 2.16 bits per heavy atom. The Morgan fingerprint density at radius 1 is 1.25 bits per heavy atom. The second-order valence-electron chi connectivity index (χ2n) is 8.12. The normalized spacial score (nSPS) is 16.5. The van der Waals surface area contributed by atoms with E-state index in [1.165, 1.54) is 31.2 Å². The number of benzene rings is 2. The van der Waals surface area contributed by atoms with Crippen LogP contribution in [0.4, 0.5) is 10.1 Å². The van der Waals surface area contributed by atoms with Gasteiger partial charge in [-0.25, -0.2) is 9.37 Å². The number of carbonyl (C=O) groups is 1. The number of imidazole rings is 1. The predicted octanol–water partition coefficient (Wildman–Crippen LogP) is 4.40.